The second kappa shape index (κ2) is 5.17. The van der Waals surface area contributed by atoms with Gasteiger partial charge in [0.05, 0.1) is 5.56 Å². The average Bonchev–Trinajstić information content (AvgIpc) is 2.36. The zero-order valence-electron chi connectivity index (χ0n) is 10.8. The van der Waals surface area contributed by atoms with E-state index in [1.807, 2.05) is 0 Å². The van der Waals surface area contributed by atoms with Gasteiger partial charge in [-0.05, 0) is 37.3 Å². The largest absolute Gasteiger partial charge is 0.294 e. The van der Waals surface area contributed by atoms with Crippen molar-refractivity contribution in [2.45, 2.75) is 39.5 Å². The Bertz CT molecular complexity index is 465. The first-order chi connectivity index (χ1) is 8.50. The molecule has 0 amide bonds. The van der Waals surface area contributed by atoms with Crippen LogP contribution in [0.3, 0.4) is 0 Å². The highest BCUT2D eigenvalue weighted by atomic mass is 19.2. The SMILES string of the molecule is Cc1ccc(C(=O)C2CCC(C)CC2)c(F)c1F.[HH]. The first-order valence-electron chi connectivity index (χ1n) is 6.49. The van der Waals surface area contributed by atoms with Crippen LogP contribution in [0.15, 0.2) is 12.1 Å². The maximum atomic E-state index is 13.7. The Labute approximate surface area is 108 Å². The standard InChI is InChI=1S/C15H18F2O.H2/c1-9-3-6-11(7-4-9)15(18)12-8-5-10(2)13(16)14(12)17;/h5,8-9,11H,3-4,6-7H2,1-2H3;1H. The van der Waals surface area contributed by atoms with Crippen LogP contribution in [0, 0.1) is 30.4 Å². The number of carbonyl (C=O) groups excluding carboxylic acids is 1. The normalized spacial score (nSPS) is 24.0. The molecule has 1 aromatic rings. The predicted molar refractivity (Wildman–Crippen MR) is 68.7 cm³/mol. The van der Waals surface area contributed by atoms with E-state index in [2.05, 4.69) is 6.92 Å². The van der Waals surface area contributed by atoms with Crippen LogP contribution in [-0.2, 0) is 0 Å². The molecule has 18 heavy (non-hydrogen) atoms. The number of carbonyl (C=O) groups is 1. The second-order valence-corrected chi connectivity index (χ2v) is 5.38. The molecule has 0 bridgehead atoms. The van der Waals surface area contributed by atoms with Crippen molar-refractivity contribution < 1.29 is 15.0 Å². The third-order valence-corrected chi connectivity index (χ3v) is 3.93. The summed E-state index contributed by atoms with van der Waals surface area (Å²) in [5, 5.41) is 0. The first kappa shape index (κ1) is 13.2. The van der Waals surface area contributed by atoms with E-state index in [-0.39, 0.29) is 24.3 Å². The Morgan fingerprint density at radius 2 is 1.78 bits per heavy atom. The molecule has 0 saturated heterocycles. The molecule has 1 fully saturated rings. The van der Waals surface area contributed by atoms with Gasteiger partial charge in [0.2, 0.25) is 0 Å². The summed E-state index contributed by atoms with van der Waals surface area (Å²) in [6, 6.07) is 2.88. The Morgan fingerprint density at radius 1 is 1.17 bits per heavy atom. The molecule has 3 heteroatoms. The van der Waals surface area contributed by atoms with Crippen LogP contribution in [0.25, 0.3) is 0 Å². The van der Waals surface area contributed by atoms with Gasteiger partial charge in [-0.25, -0.2) is 8.78 Å². The minimum Gasteiger partial charge on any atom is -0.294 e. The van der Waals surface area contributed by atoms with Crippen molar-refractivity contribution in [3.63, 3.8) is 0 Å². The Balaban J connectivity index is 0.00000180. The molecule has 1 nitrogen and oxygen atoms in total. The highest BCUT2D eigenvalue weighted by Crippen LogP contribution is 2.31. The van der Waals surface area contributed by atoms with Crippen molar-refractivity contribution in [1.82, 2.24) is 0 Å². The van der Waals surface area contributed by atoms with Crippen LogP contribution in [0.4, 0.5) is 8.78 Å². The molecular weight excluding hydrogens is 234 g/mol. The zero-order valence-corrected chi connectivity index (χ0v) is 10.8. The van der Waals surface area contributed by atoms with Gasteiger partial charge in [-0.3, -0.25) is 4.79 Å². The smallest absolute Gasteiger partial charge is 0.169 e. The fourth-order valence-corrected chi connectivity index (χ4v) is 2.58. The molecule has 0 atom stereocenters. The zero-order chi connectivity index (χ0) is 13.3. The Kier molecular flexibility index (Phi) is 3.79. The molecule has 0 spiro atoms. The van der Waals surface area contributed by atoms with Crippen molar-refractivity contribution in [1.29, 1.82) is 0 Å². The van der Waals surface area contributed by atoms with Gasteiger partial charge in [0.1, 0.15) is 0 Å². The summed E-state index contributed by atoms with van der Waals surface area (Å²) < 4.78 is 27.2. The van der Waals surface area contributed by atoms with Crippen molar-refractivity contribution in [2.75, 3.05) is 0 Å². The number of rotatable bonds is 2. The Morgan fingerprint density at radius 3 is 2.39 bits per heavy atom. The molecule has 1 saturated carbocycles. The van der Waals surface area contributed by atoms with Crippen LogP contribution in [0.1, 0.15) is 50.0 Å². The number of benzene rings is 1. The number of ketones is 1. The van der Waals surface area contributed by atoms with Crippen LogP contribution in [0.5, 0.6) is 0 Å². The number of hydrogen-bond acceptors (Lipinski definition) is 1. The lowest BCUT2D eigenvalue weighted by Gasteiger charge is -2.25. The van der Waals surface area contributed by atoms with E-state index in [0.29, 0.717) is 5.92 Å². The van der Waals surface area contributed by atoms with Gasteiger partial charge in [0.25, 0.3) is 0 Å². The number of halogens is 2. The van der Waals surface area contributed by atoms with Crippen LogP contribution in [-0.4, -0.2) is 5.78 Å². The van der Waals surface area contributed by atoms with Crippen molar-refractivity contribution in [3.8, 4) is 0 Å². The number of Topliss-reactive ketones (excluding diaryl/α,β-unsaturated/α-hetero) is 1. The van der Waals surface area contributed by atoms with E-state index in [1.54, 1.807) is 0 Å². The maximum absolute atomic E-state index is 13.7. The summed E-state index contributed by atoms with van der Waals surface area (Å²) in [5.74, 6) is -1.63. The second-order valence-electron chi connectivity index (χ2n) is 5.38. The lowest BCUT2D eigenvalue weighted by atomic mass is 9.79. The van der Waals surface area contributed by atoms with Gasteiger partial charge in [-0.1, -0.05) is 25.8 Å². The molecule has 0 unspecified atom stereocenters. The minimum atomic E-state index is -0.987. The van der Waals surface area contributed by atoms with Gasteiger partial charge in [-0.15, -0.1) is 0 Å². The fraction of sp³-hybridized carbons (Fsp3) is 0.533. The lowest BCUT2D eigenvalue weighted by Crippen LogP contribution is -2.22. The van der Waals surface area contributed by atoms with Crippen LogP contribution < -0.4 is 0 Å². The third-order valence-electron chi connectivity index (χ3n) is 3.93. The molecule has 0 aromatic heterocycles. The van der Waals surface area contributed by atoms with Gasteiger partial charge in [0, 0.05) is 7.34 Å². The molecule has 2 rings (SSSR count). The highest BCUT2D eigenvalue weighted by Gasteiger charge is 2.28. The minimum absolute atomic E-state index is 0. The fourth-order valence-electron chi connectivity index (χ4n) is 2.58. The van der Waals surface area contributed by atoms with E-state index in [9.17, 15) is 13.6 Å². The molecule has 1 aliphatic carbocycles. The van der Waals surface area contributed by atoms with Crippen molar-refractivity contribution >= 4 is 5.78 Å². The predicted octanol–water partition coefficient (Wildman–Crippen LogP) is 4.53. The van der Waals surface area contributed by atoms with E-state index in [0.717, 1.165) is 25.7 Å². The molecule has 0 N–H and O–H groups in total. The van der Waals surface area contributed by atoms with E-state index < -0.39 is 11.6 Å². The van der Waals surface area contributed by atoms with Gasteiger partial charge in [-0.2, -0.15) is 0 Å². The Hall–Kier alpha value is -1.25. The monoisotopic (exact) mass is 254 g/mol. The van der Waals surface area contributed by atoms with Crippen LogP contribution in [0.2, 0.25) is 0 Å². The molecule has 100 valence electrons. The summed E-state index contributed by atoms with van der Waals surface area (Å²) >= 11 is 0. The quantitative estimate of drug-likeness (QED) is 0.709. The highest BCUT2D eigenvalue weighted by molar-refractivity contribution is 5.98. The van der Waals surface area contributed by atoms with Gasteiger partial charge < -0.3 is 0 Å². The average molecular weight is 254 g/mol. The summed E-state index contributed by atoms with van der Waals surface area (Å²) in [6.07, 6.45) is 3.56. The van der Waals surface area contributed by atoms with E-state index in [1.165, 1.54) is 19.1 Å². The van der Waals surface area contributed by atoms with Gasteiger partial charge >= 0.3 is 0 Å². The molecule has 0 radical (unpaired) electrons. The molecule has 1 aromatic carbocycles. The van der Waals surface area contributed by atoms with E-state index >= 15 is 0 Å². The first-order valence-corrected chi connectivity index (χ1v) is 6.49. The lowest BCUT2D eigenvalue weighted by molar-refractivity contribution is 0.0870. The summed E-state index contributed by atoms with van der Waals surface area (Å²) in [7, 11) is 0. The molecule has 0 heterocycles. The van der Waals surface area contributed by atoms with E-state index in [4.69, 9.17) is 0 Å². The maximum Gasteiger partial charge on any atom is 0.169 e. The number of aryl methyl sites for hydroxylation is 1. The van der Waals surface area contributed by atoms with Gasteiger partial charge in [0.15, 0.2) is 17.4 Å². The number of hydrogen-bond donors (Lipinski definition) is 0. The summed E-state index contributed by atoms with van der Waals surface area (Å²) in [6.45, 7) is 3.65. The third kappa shape index (κ3) is 2.45. The topological polar surface area (TPSA) is 17.1 Å². The summed E-state index contributed by atoms with van der Waals surface area (Å²) in [5.41, 5.74) is 0.152. The molecular formula is C15H20F2O. The molecule has 1 aliphatic rings. The molecule has 0 aliphatic heterocycles. The van der Waals surface area contributed by atoms with Crippen LogP contribution >= 0.6 is 0 Å². The van der Waals surface area contributed by atoms with Crippen molar-refractivity contribution in [3.05, 3.63) is 34.9 Å². The van der Waals surface area contributed by atoms with Crippen molar-refractivity contribution in [2.24, 2.45) is 11.8 Å². The summed E-state index contributed by atoms with van der Waals surface area (Å²) in [4.78, 5) is 12.2.